The maximum absolute atomic E-state index is 9.75. The summed E-state index contributed by atoms with van der Waals surface area (Å²) in [4.78, 5) is 0. The second-order valence-electron chi connectivity index (χ2n) is 9.52. The fourth-order valence-electron chi connectivity index (χ4n) is 4.50. The third-order valence-corrected chi connectivity index (χ3v) is 11.9. The molecule has 0 N–H and O–H groups in total. The number of ether oxygens (including phenoxy) is 2. The normalized spacial score (nSPS) is 12.9. The van der Waals surface area contributed by atoms with Gasteiger partial charge < -0.3 is 26.7 Å². The molecular weight excluding hydrogens is 716 g/mol. The van der Waals surface area contributed by atoms with Crippen molar-refractivity contribution in [3.8, 4) is 35.2 Å². The van der Waals surface area contributed by atoms with Gasteiger partial charge in [0.05, 0.1) is 14.2 Å². The predicted octanol–water partition coefficient (Wildman–Crippen LogP) is 8.13. The molecule has 0 aliphatic heterocycles. The van der Waals surface area contributed by atoms with Crippen molar-refractivity contribution in [2.75, 3.05) is 26.5 Å². The molecule has 243 valence electrons. The summed E-state index contributed by atoms with van der Waals surface area (Å²) in [6, 6.07) is 38.7. The molecule has 1 aliphatic rings. The van der Waals surface area contributed by atoms with Gasteiger partial charge in [0, 0.05) is 55.8 Å². The molecule has 0 spiro atoms. The van der Waals surface area contributed by atoms with Gasteiger partial charge in [0.1, 0.15) is 11.5 Å². The van der Waals surface area contributed by atoms with Crippen LogP contribution in [0.3, 0.4) is 0 Å². The molecule has 2 nitrogen and oxygen atoms in total. The van der Waals surface area contributed by atoms with Crippen molar-refractivity contribution >= 4 is 44.3 Å². The van der Waals surface area contributed by atoms with Gasteiger partial charge >= 0.3 is 7.25 Å². The van der Waals surface area contributed by atoms with Crippen LogP contribution >= 0.6 is 15.8 Å². The molecule has 0 unspecified atom stereocenters. The summed E-state index contributed by atoms with van der Waals surface area (Å²) in [6.45, 7) is 0. The van der Waals surface area contributed by atoms with E-state index in [1.807, 2.05) is 12.1 Å². The summed E-state index contributed by atoms with van der Waals surface area (Å²) in [5.41, 5.74) is 0. The molecule has 0 aromatic heterocycles. The summed E-state index contributed by atoms with van der Waals surface area (Å²) in [6.07, 6.45) is 6.02. The molecule has 0 amide bonds. The van der Waals surface area contributed by atoms with E-state index in [1.165, 1.54) is 21.2 Å². The monoisotopic (exact) mass is 752 g/mol. The first kappa shape index (κ1) is 39.0. The van der Waals surface area contributed by atoms with E-state index in [2.05, 4.69) is 121 Å². The Morgan fingerprint density at radius 1 is 0.522 bits per heavy atom. The first-order valence-corrected chi connectivity index (χ1v) is 17.6. The zero-order valence-corrected chi connectivity index (χ0v) is 29.2. The fraction of sp³-hybridized carbons (Fsp3) is 0.222. The Hall–Kier alpha value is -3.13. The largest absolute Gasteiger partial charge is 0.673 e. The summed E-state index contributed by atoms with van der Waals surface area (Å²) in [5, 5.41) is 5.38. The van der Waals surface area contributed by atoms with Crippen molar-refractivity contribution in [1.82, 2.24) is 0 Å². The third kappa shape index (κ3) is 14.1. The van der Waals surface area contributed by atoms with Gasteiger partial charge in [0.15, 0.2) is 0 Å². The van der Waals surface area contributed by atoms with E-state index in [1.54, 1.807) is 14.2 Å². The Balaban J connectivity index is 0.000000440. The number of methoxy groups -OCH3 is 2. The Bertz CT molecular complexity index is 1430. The van der Waals surface area contributed by atoms with E-state index >= 15 is 0 Å². The topological polar surface area (TPSA) is 18.5 Å². The molecule has 4 aromatic carbocycles. The van der Waals surface area contributed by atoms with Gasteiger partial charge in [0.2, 0.25) is 0 Å². The number of halogens is 4. The first-order valence-electron chi connectivity index (χ1n) is 14.5. The van der Waals surface area contributed by atoms with Crippen LogP contribution in [-0.2, 0) is 19.5 Å². The minimum atomic E-state index is -6.00. The Morgan fingerprint density at radius 3 is 1.11 bits per heavy atom. The quantitative estimate of drug-likeness (QED) is 0.0745. The van der Waals surface area contributed by atoms with Gasteiger partial charge in [-0.3, -0.25) is 0 Å². The van der Waals surface area contributed by atoms with Crippen LogP contribution in [0.1, 0.15) is 25.7 Å². The van der Waals surface area contributed by atoms with Crippen molar-refractivity contribution in [3.05, 3.63) is 109 Å². The Kier molecular flexibility index (Phi) is 18.4. The Morgan fingerprint density at radius 2 is 0.804 bits per heavy atom. The zero-order valence-electron chi connectivity index (χ0n) is 25.8. The maximum Gasteiger partial charge on any atom is 0.673 e. The molecule has 0 saturated heterocycles. The van der Waals surface area contributed by atoms with E-state index in [4.69, 9.17) is 9.47 Å². The molecule has 5 rings (SSSR count). The van der Waals surface area contributed by atoms with Gasteiger partial charge in [-0.1, -0.05) is 97.1 Å². The smallest absolute Gasteiger partial charge is 0.496 e. The molecule has 1 aliphatic carbocycles. The van der Waals surface area contributed by atoms with Crippen LogP contribution in [0.5, 0.6) is 11.5 Å². The third-order valence-electron chi connectivity index (χ3n) is 6.43. The molecule has 4 aromatic rings. The van der Waals surface area contributed by atoms with Gasteiger partial charge in [-0.05, 0) is 50.9 Å². The second-order valence-corrected chi connectivity index (χ2v) is 14.1. The molecule has 0 fully saturated rings. The molecule has 0 bridgehead atoms. The van der Waals surface area contributed by atoms with Crippen LogP contribution in [0.25, 0.3) is 0 Å². The molecule has 0 saturated carbocycles. The number of hydrogen-bond donors (Lipinski definition) is 0. The minimum absolute atomic E-state index is 0. The number of benzene rings is 4. The standard InChI is InChI=1S/C28H28O2P2.C8H8.BF4.Rh/c1-29-25-17-9-11-19-27(25)31(23-13-5-3-6-14-23)21-22-32(24-15-7-4-8-16-24)28-20-12-10-18-26(28)30-2;1-2-4-6-8-7-5-3-1;2-1(3,4)5;/h3-20H,21-22H2,1-2H3;1-2,7-8H2;;/q;;-1;/t31-,32+;;;. The molecule has 2 atom stereocenters. The predicted molar refractivity (Wildman–Crippen MR) is 185 cm³/mol. The van der Waals surface area contributed by atoms with Crippen LogP contribution in [0.4, 0.5) is 17.3 Å². The van der Waals surface area contributed by atoms with Crippen molar-refractivity contribution in [1.29, 1.82) is 0 Å². The van der Waals surface area contributed by atoms with Gasteiger partial charge in [-0.25, -0.2) is 0 Å². The van der Waals surface area contributed by atoms with Crippen molar-refractivity contribution < 1.29 is 46.2 Å². The van der Waals surface area contributed by atoms with Gasteiger partial charge in [-0.15, -0.1) is 23.7 Å². The van der Waals surface area contributed by atoms with E-state index in [9.17, 15) is 17.3 Å². The molecule has 10 heteroatoms. The number of rotatable bonds is 9. The van der Waals surface area contributed by atoms with Crippen molar-refractivity contribution in [2.24, 2.45) is 0 Å². The first-order chi connectivity index (χ1) is 21.8. The van der Waals surface area contributed by atoms with Gasteiger partial charge in [-0.2, -0.15) is 0 Å². The number of hydrogen-bond acceptors (Lipinski definition) is 2. The Labute approximate surface area is 286 Å². The van der Waals surface area contributed by atoms with Crippen LogP contribution in [0.15, 0.2) is 109 Å². The summed E-state index contributed by atoms with van der Waals surface area (Å²) in [7, 11) is -3.57. The summed E-state index contributed by atoms with van der Waals surface area (Å²) in [5.74, 6) is 14.1. The summed E-state index contributed by atoms with van der Waals surface area (Å²) >= 11 is 0. The van der Waals surface area contributed by atoms with Gasteiger partial charge in [0.25, 0.3) is 0 Å². The van der Waals surface area contributed by atoms with E-state index in [0.717, 1.165) is 49.5 Å². The SMILES string of the molecule is C1#CCCC#CCC1.COc1ccccc1[P@](CC[P@@](c1ccccc1)c1ccccc1OC)c1ccccc1.F[B-](F)(F)F.[Rh]. The molecule has 1 radical (unpaired) electrons. The molecule has 46 heavy (non-hydrogen) atoms. The molecular formula is C36H36BF4O2P2Rh-. The second kappa shape index (κ2) is 21.6. The summed E-state index contributed by atoms with van der Waals surface area (Å²) < 4.78 is 50.5. The van der Waals surface area contributed by atoms with E-state index in [0.29, 0.717) is 0 Å². The number of para-hydroxylation sites is 2. The maximum atomic E-state index is 9.75. The minimum Gasteiger partial charge on any atom is -0.496 e. The van der Waals surface area contributed by atoms with Crippen LogP contribution in [0, 0.1) is 23.7 Å². The van der Waals surface area contributed by atoms with Crippen molar-refractivity contribution in [2.45, 2.75) is 25.7 Å². The fourth-order valence-corrected chi connectivity index (χ4v) is 10.1. The van der Waals surface area contributed by atoms with E-state index < -0.39 is 23.1 Å². The van der Waals surface area contributed by atoms with Crippen LogP contribution in [0.2, 0.25) is 0 Å². The van der Waals surface area contributed by atoms with Crippen LogP contribution < -0.4 is 30.7 Å². The zero-order chi connectivity index (χ0) is 32.3. The average Bonchev–Trinajstić information content (AvgIpc) is 3.03. The van der Waals surface area contributed by atoms with Crippen molar-refractivity contribution in [3.63, 3.8) is 0 Å². The molecule has 0 heterocycles. The van der Waals surface area contributed by atoms with Crippen LogP contribution in [-0.4, -0.2) is 33.8 Å². The van der Waals surface area contributed by atoms with E-state index in [-0.39, 0.29) is 19.5 Å². The average molecular weight is 752 g/mol.